The van der Waals surface area contributed by atoms with Crippen LogP contribution >= 0.6 is 11.5 Å². The van der Waals surface area contributed by atoms with Gasteiger partial charge in [-0.05, 0) is 23.9 Å². The maximum atomic E-state index is 12.1. The molecule has 0 atom stereocenters. The van der Waals surface area contributed by atoms with Crippen molar-refractivity contribution in [1.82, 2.24) is 9.59 Å². The van der Waals surface area contributed by atoms with E-state index < -0.39 is 0 Å². The maximum Gasteiger partial charge on any atom is 0.176 e. The molecule has 102 valence electrons. The van der Waals surface area contributed by atoms with Crippen LogP contribution in [-0.4, -0.2) is 15.4 Å². The molecule has 0 aliphatic heterocycles. The predicted molar refractivity (Wildman–Crippen MR) is 76.3 cm³/mol. The van der Waals surface area contributed by atoms with Gasteiger partial charge in [0, 0.05) is 6.42 Å². The summed E-state index contributed by atoms with van der Waals surface area (Å²) < 4.78 is 3.90. The second kappa shape index (κ2) is 8.35. The zero-order valence-corrected chi connectivity index (χ0v) is 12.6. The van der Waals surface area contributed by atoms with E-state index >= 15 is 0 Å². The summed E-state index contributed by atoms with van der Waals surface area (Å²) in [7, 11) is 0. The lowest BCUT2D eigenvalue weighted by Gasteiger charge is -2.03. The Morgan fingerprint density at radius 2 is 1.83 bits per heavy atom. The molecule has 0 saturated carbocycles. The molecular formula is C14H24N2OS. The number of aromatic nitrogens is 2. The van der Waals surface area contributed by atoms with Crippen molar-refractivity contribution >= 4 is 17.3 Å². The molecule has 0 amide bonds. The summed E-state index contributed by atoms with van der Waals surface area (Å²) in [4.78, 5) is 12.8. The molecule has 0 unspecified atom stereocenters. The van der Waals surface area contributed by atoms with Gasteiger partial charge in [0.05, 0.1) is 5.69 Å². The third-order valence-corrected chi connectivity index (χ3v) is 3.85. The highest BCUT2D eigenvalue weighted by Gasteiger charge is 2.17. The van der Waals surface area contributed by atoms with Gasteiger partial charge in [0.1, 0.15) is 4.88 Å². The number of hydrogen-bond acceptors (Lipinski definition) is 4. The molecule has 0 bridgehead atoms. The average molecular weight is 268 g/mol. The number of unbranched alkanes of at least 4 members (excludes halogenated alkanes) is 5. The monoisotopic (exact) mass is 268 g/mol. The molecule has 0 radical (unpaired) electrons. The van der Waals surface area contributed by atoms with Gasteiger partial charge in [0.2, 0.25) is 0 Å². The number of hydrogen-bond donors (Lipinski definition) is 0. The molecule has 1 rings (SSSR count). The van der Waals surface area contributed by atoms with Crippen LogP contribution in [0.1, 0.15) is 87.0 Å². The zero-order chi connectivity index (χ0) is 13.4. The van der Waals surface area contributed by atoms with E-state index in [0.29, 0.717) is 6.42 Å². The van der Waals surface area contributed by atoms with E-state index in [1.54, 1.807) is 0 Å². The van der Waals surface area contributed by atoms with Gasteiger partial charge < -0.3 is 0 Å². The highest BCUT2D eigenvalue weighted by Crippen LogP contribution is 2.22. The maximum absolute atomic E-state index is 12.1. The summed E-state index contributed by atoms with van der Waals surface area (Å²) in [5, 5.41) is 4.05. The first-order valence-electron chi connectivity index (χ1n) is 7.02. The van der Waals surface area contributed by atoms with Crippen LogP contribution in [-0.2, 0) is 0 Å². The Kier molecular flexibility index (Phi) is 7.09. The number of Topliss-reactive ketones (excluding diaryl/α,β-unsaturated/α-hetero) is 1. The third-order valence-electron chi connectivity index (χ3n) is 3.07. The van der Waals surface area contributed by atoms with Crippen LogP contribution in [0.15, 0.2) is 0 Å². The summed E-state index contributed by atoms with van der Waals surface area (Å²) in [5.41, 5.74) is 0.871. The highest BCUT2D eigenvalue weighted by atomic mass is 32.1. The van der Waals surface area contributed by atoms with Gasteiger partial charge in [-0.1, -0.05) is 57.4 Å². The summed E-state index contributed by atoms with van der Waals surface area (Å²) in [5.74, 6) is 0.511. The normalized spacial score (nSPS) is 11.1. The first kappa shape index (κ1) is 15.3. The van der Waals surface area contributed by atoms with E-state index in [0.717, 1.165) is 23.4 Å². The lowest BCUT2D eigenvalue weighted by molar-refractivity contribution is 0.0981. The fourth-order valence-electron chi connectivity index (χ4n) is 1.95. The van der Waals surface area contributed by atoms with Crippen molar-refractivity contribution < 1.29 is 4.79 Å². The van der Waals surface area contributed by atoms with Crippen molar-refractivity contribution in [2.24, 2.45) is 0 Å². The summed E-state index contributed by atoms with van der Waals surface area (Å²) in [6.07, 6.45) is 7.93. The Hall–Kier alpha value is -0.770. The summed E-state index contributed by atoms with van der Waals surface area (Å²) >= 11 is 1.25. The Balaban J connectivity index is 2.30. The standard InChI is InChI=1S/C14H24N2OS/c1-4-5-6-7-8-9-10-12(17)14-13(11(2)3)15-16-18-14/h11H,4-10H2,1-3H3. The first-order chi connectivity index (χ1) is 8.66. The Morgan fingerprint density at radius 1 is 1.17 bits per heavy atom. The van der Waals surface area contributed by atoms with E-state index in [2.05, 4.69) is 30.4 Å². The Labute approximate surface area is 114 Å². The van der Waals surface area contributed by atoms with Gasteiger partial charge in [-0.3, -0.25) is 4.79 Å². The van der Waals surface area contributed by atoms with Gasteiger partial charge in [0.15, 0.2) is 5.78 Å². The van der Waals surface area contributed by atoms with Crippen molar-refractivity contribution in [2.45, 2.75) is 71.6 Å². The Morgan fingerprint density at radius 3 is 2.50 bits per heavy atom. The van der Waals surface area contributed by atoms with Gasteiger partial charge in [-0.15, -0.1) is 5.10 Å². The number of carbonyl (C=O) groups is 1. The molecule has 0 aliphatic carbocycles. The molecular weight excluding hydrogens is 244 g/mol. The smallest absolute Gasteiger partial charge is 0.176 e. The zero-order valence-electron chi connectivity index (χ0n) is 11.7. The van der Waals surface area contributed by atoms with Crippen molar-refractivity contribution in [2.75, 3.05) is 0 Å². The first-order valence-corrected chi connectivity index (χ1v) is 7.79. The molecule has 0 saturated heterocycles. The summed E-state index contributed by atoms with van der Waals surface area (Å²) in [6.45, 7) is 6.32. The molecule has 1 aromatic rings. The molecule has 18 heavy (non-hydrogen) atoms. The fraction of sp³-hybridized carbons (Fsp3) is 0.786. The molecule has 0 N–H and O–H groups in total. The minimum Gasteiger partial charge on any atom is -0.293 e. The molecule has 1 aromatic heterocycles. The highest BCUT2D eigenvalue weighted by molar-refractivity contribution is 7.08. The largest absolute Gasteiger partial charge is 0.293 e. The molecule has 0 fully saturated rings. The van der Waals surface area contributed by atoms with Gasteiger partial charge in [-0.2, -0.15) is 0 Å². The molecule has 4 heteroatoms. The second-order valence-corrected chi connectivity index (χ2v) is 5.84. The van der Waals surface area contributed by atoms with E-state index in [1.807, 2.05) is 0 Å². The van der Waals surface area contributed by atoms with Gasteiger partial charge >= 0.3 is 0 Å². The van der Waals surface area contributed by atoms with Crippen LogP contribution in [0.2, 0.25) is 0 Å². The van der Waals surface area contributed by atoms with Crippen molar-refractivity contribution in [3.63, 3.8) is 0 Å². The van der Waals surface area contributed by atoms with Crippen LogP contribution < -0.4 is 0 Å². The van der Waals surface area contributed by atoms with E-state index in [4.69, 9.17) is 0 Å². The van der Waals surface area contributed by atoms with Crippen molar-refractivity contribution in [3.05, 3.63) is 10.6 Å². The van der Waals surface area contributed by atoms with E-state index in [9.17, 15) is 4.79 Å². The van der Waals surface area contributed by atoms with Crippen LogP contribution in [0.25, 0.3) is 0 Å². The molecule has 3 nitrogen and oxygen atoms in total. The third kappa shape index (κ3) is 4.84. The van der Waals surface area contributed by atoms with Crippen molar-refractivity contribution in [3.8, 4) is 0 Å². The second-order valence-electron chi connectivity index (χ2n) is 5.08. The SMILES string of the molecule is CCCCCCCCC(=O)c1snnc1C(C)C. The molecule has 0 aliphatic rings. The minimum absolute atomic E-state index is 0.226. The minimum atomic E-state index is 0.226. The van der Waals surface area contributed by atoms with Crippen LogP contribution in [0, 0.1) is 0 Å². The quantitative estimate of drug-likeness (QED) is 0.486. The fourth-order valence-corrected chi connectivity index (χ4v) is 2.73. The number of carbonyl (C=O) groups excluding carboxylic acids is 1. The predicted octanol–water partition coefficient (Wildman–Crippen LogP) is 4.59. The average Bonchev–Trinajstić information content (AvgIpc) is 2.82. The molecule has 1 heterocycles. The van der Waals surface area contributed by atoms with Crippen LogP contribution in [0.4, 0.5) is 0 Å². The molecule has 0 aromatic carbocycles. The van der Waals surface area contributed by atoms with E-state index in [-0.39, 0.29) is 11.7 Å². The van der Waals surface area contributed by atoms with Crippen LogP contribution in [0.5, 0.6) is 0 Å². The topological polar surface area (TPSA) is 42.9 Å². The lowest BCUT2D eigenvalue weighted by Crippen LogP contribution is -2.02. The van der Waals surface area contributed by atoms with Gasteiger partial charge in [0.25, 0.3) is 0 Å². The number of nitrogens with zero attached hydrogens (tertiary/aromatic N) is 2. The lowest BCUT2D eigenvalue weighted by atomic mass is 10.0. The molecule has 0 spiro atoms. The van der Waals surface area contributed by atoms with E-state index in [1.165, 1.54) is 37.2 Å². The van der Waals surface area contributed by atoms with Crippen molar-refractivity contribution in [1.29, 1.82) is 0 Å². The summed E-state index contributed by atoms with van der Waals surface area (Å²) in [6, 6.07) is 0. The number of rotatable bonds is 9. The van der Waals surface area contributed by atoms with Gasteiger partial charge in [-0.25, -0.2) is 0 Å². The van der Waals surface area contributed by atoms with Crippen LogP contribution in [0.3, 0.4) is 0 Å². The number of ketones is 1. The Bertz CT molecular complexity index is 360.